The number of anilines is 1. The Morgan fingerprint density at radius 1 is 0.800 bits per heavy atom. The lowest BCUT2D eigenvalue weighted by atomic mass is 9.68. The van der Waals surface area contributed by atoms with Gasteiger partial charge < -0.3 is 4.90 Å². The highest BCUT2D eigenvalue weighted by Gasteiger charge is 2.47. The van der Waals surface area contributed by atoms with Gasteiger partial charge in [-0.3, -0.25) is 14.6 Å². The minimum absolute atomic E-state index is 0.00329. The number of nitrogens with zero attached hydrogens (tertiary/aromatic N) is 3. The first-order valence-corrected chi connectivity index (χ1v) is 14.5. The van der Waals surface area contributed by atoms with Gasteiger partial charge in [0, 0.05) is 48.9 Å². The summed E-state index contributed by atoms with van der Waals surface area (Å²) in [5.41, 5.74) is 1.02. The number of hydrogen-bond donors (Lipinski definition) is 0. The number of carbonyl (C=O) groups is 2. The van der Waals surface area contributed by atoms with Gasteiger partial charge in [-0.05, 0) is 82.3 Å². The van der Waals surface area contributed by atoms with Gasteiger partial charge in [0.25, 0.3) is 0 Å². The number of urea groups is 1. The molecule has 3 saturated heterocycles. The molecule has 4 bridgehead atoms. The van der Waals surface area contributed by atoms with E-state index in [1.54, 1.807) is 6.92 Å². The smallest absolute Gasteiger partial charge is 0.324 e. The Labute approximate surface area is 211 Å². The van der Waals surface area contributed by atoms with Crippen LogP contribution in [-0.2, 0) is 4.79 Å². The van der Waals surface area contributed by atoms with Gasteiger partial charge in [-0.1, -0.05) is 43.9 Å². The number of para-hydroxylation sites is 1. The van der Waals surface area contributed by atoms with Gasteiger partial charge in [0.15, 0.2) is 0 Å². The lowest BCUT2D eigenvalue weighted by Crippen LogP contribution is -2.62. The first kappa shape index (κ1) is 23.5. The van der Waals surface area contributed by atoms with Crippen LogP contribution in [0, 0.1) is 17.8 Å². The number of Topliss-reactive ketones (excluding diaryl/α,β-unsaturated/α-hetero) is 1. The Balaban J connectivity index is 1.23. The molecule has 2 aliphatic carbocycles. The molecule has 0 N–H and O–H groups in total. The summed E-state index contributed by atoms with van der Waals surface area (Å²) >= 11 is 0. The fraction of sp³-hybridized carbons (Fsp3) is 0.733. The molecule has 6 rings (SSSR count). The van der Waals surface area contributed by atoms with E-state index in [-0.39, 0.29) is 23.8 Å². The first-order chi connectivity index (χ1) is 17.1. The van der Waals surface area contributed by atoms with Crippen LogP contribution in [-0.4, -0.2) is 58.9 Å². The molecule has 1 aromatic rings. The fourth-order valence-electron chi connectivity index (χ4n) is 8.62. The van der Waals surface area contributed by atoms with Gasteiger partial charge in [0.2, 0.25) is 0 Å². The molecular formula is C30H43N3O2. The van der Waals surface area contributed by atoms with Crippen molar-refractivity contribution in [3.8, 4) is 0 Å². The number of benzene rings is 1. The van der Waals surface area contributed by atoms with Crippen LogP contribution in [0.3, 0.4) is 0 Å². The number of ketones is 1. The maximum Gasteiger partial charge on any atom is 0.324 e. The molecule has 3 heterocycles. The lowest BCUT2D eigenvalue weighted by Gasteiger charge is -2.56. The third-order valence-corrected chi connectivity index (χ3v) is 10.2. The van der Waals surface area contributed by atoms with E-state index in [2.05, 4.69) is 34.1 Å². The normalized spacial score (nSPS) is 37.2. The monoisotopic (exact) mass is 477 g/mol. The summed E-state index contributed by atoms with van der Waals surface area (Å²) in [5.74, 6) is 2.13. The highest BCUT2D eigenvalue weighted by atomic mass is 16.2. The Hall–Kier alpha value is -1.88. The van der Waals surface area contributed by atoms with Crippen molar-refractivity contribution >= 4 is 17.5 Å². The molecule has 3 aliphatic heterocycles. The Bertz CT molecular complexity index is 893. The summed E-state index contributed by atoms with van der Waals surface area (Å²) in [7, 11) is 0. The molecule has 5 nitrogen and oxygen atoms in total. The second-order valence-electron chi connectivity index (χ2n) is 12.4. The maximum absolute atomic E-state index is 14.0. The van der Waals surface area contributed by atoms with Crippen LogP contribution < -0.4 is 4.90 Å². The number of likely N-dealkylation sites (tertiary alicyclic amines) is 1. The van der Waals surface area contributed by atoms with Gasteiger partial charge >= 0.3 is 6.03 Å². The molecule has 2 amide bonds. The van der Waals surface area contributed by atoms with Crippen molar-refractivity contribution in [2.45, 2.75) is 108 Å². The maximum atomic E-state index is 14.0. The number of hydrogen-bond acceptors (Lipinski definition) is 3. The molecule has 5 atom stereocenters. The Kier molecular flexibility index (Phi) is 6.64. The largest absolute Gasteiger partial charge is 0.324 e. The quantitative estimate of drug-likeness (QED) is 0.544. The molecule has 5 aliphatic rings. The first-order valence-electron chi connectivity index (χ1n) is 14.5. The molecule has 0 radical (unpaired) electrons. The summed E-state index contributed by atoms with van der Waals surface area (Å²) in [6.45, 7) is 2.95. The highest BCUT2D eigenvalue weighted by Crippen LogP contribution is 2.46. The van der Waals surface area contributed by atoms with Gasteiger partial charge in [-0.2, -0.15) is 0 Å². The molecule has 5 unspecified atom stereocenters. The van der Waals surface area contributed by atoms with E-state index < -0.39 is 0 Å². The molecule has 35 heavy (non-hydrogen) atoms. The van der Waals surface area contributed by atoms with Crippen LogP contribution in [0.5, 0.6) is 0 Å². The van der Waals surface area contributed by atoms with Crippen molar-refractivity contribution in [2.24, 2.45) is 17.8 Å². The molecule has 0 spiro atoms. The van der Waals surface area contributed by atoms with Crippen LogP contribution in [0.1, 0.15) is 84.0 Å². The van der Waals surface area contributed by atoms with Gasteiger partial charge in [0.05, 0.1) is 0 Å². The summed E-state index contributed by atoms with van der Waals surface area (Å²) in [6.07, 6.45) is 15.5. The van der Waals surface area contributed by atoms with E-state index in [0.29, 0.717) is 25.2 Å². The summed E-state index contributed by atoms with van der Waals surface area (Å²) < 4.78 is 0. The fourth-order valence-corrected chi connectivity index (χ4v) is 8.62. The SMILES string of the molecule is CC(=O)C1CCN(C(=O)N(c2ccccc2)C2CC3CCCC(C2)N3C2CC3CCCC(C3)C2)C1. The van der Waals surface area contributed by atoms with E-state index in [1.807, 2.05) is 11.0 Å². The Morgan fingerprint density at radius 2 is 1.46 bits per heavy atom. The summed E-state index contributed by atoms with van der Waals surface area (Å²) in [5, 5.41) is 0. The summed E-state index contributed by atoms with van der Waals surface area (Å²) in [6, 6.07) is 12.7. The minimum Gasteiger partial charge on any atom is -0.324 e. The van der Waals surface area contributed by atoms with Crippen molar-refractivity contribution < 1.29 is 9.59 Å². The highest BCUT2D eigenvalue weighted by molar-refractivity contribution is 5.93. The van der Waals surface area contributed by atoms with Crippen molar-refractivity contribution in [1.82, 2.24) is 9.80 Å². The number of fused-ring (bicyclic) bond motifs is 4. The van der Waals surface area contributed by atoms with Crippen molar-refractivity contribution in [3.05, 3.63) is 30.3 Å². The van der Waals surface area contributed by atoms with Crippen LogP contribution in [0.25, 0.3) is 0 Å². The van der Waals surface area contributed by atoms with Crippen LogP contribution in [0.2, 0.25) is 0 Å². The zero-order valence-electron chi connectivity index (χ0n) is 21.5. The van der Waals surface area contributed by atoms with E-state index in [1.165, 1.54) is 57.8 Å². The average molecular weight is 478 g/mol. The molecule has 0 aromatic heterocycles. The third kappa shape index (κ3) is 4.65. The molecular weight excluding hydrogens is 434 g/mol. The predicted octanol–water partition coefficient (Wildman–Crippen LogP) is 5.88. The second kappa shape index (κ2) is 9.88. The lowest BCUT2D eigenvalue weighted by molar-refractivity contribution is -0.120. The van der Waals surface area contributed by atoms with Gasteiger partial charge in [-0.15, -0.1) is 0 Å². The standard InChI is InChI=1S/C30H43N3O2/c1-21(34)24-13-14-31(20-24)30(35)33(25-9-3-2-4-10-25)29-18-26-11-6-12-27(19-29)32(26)28-16-22-7-5-8-23(15-22)17-28/h2-4,9-10,22-24,26-29H,5-8,11-20H2,1H3. The number of carbonyl (C=O) groups excluding carboxylic acids is 2. The molecule has 5 fully saturated rings. The van der Waals surface area contributed by atoms with Crippen molar-refractivity contribution in [3.63, 3.8) is 0 Å². The van der Waals surface area contributed by atoms with E-state index in [0.717, 1.165) is 42.8 Å². The number of rotatable bonds is 4. The molecule has 2 saturated carbocycles. The van der Waals surface area contributed by atoms with Crippen LogP contribution in [0.15, 0.2) is 30.3 Å². The van der Waals surface area contributed by atoms with Crippen molar-refractivity contribution in [2.75, 3.05) is 18.0 Å². The van der Waals surface area contributed by atoms with E-state index in [4.69, 9.17) is 0 Å². The third-order valence-electron chi connectivity index (χ3n) is 10.2. The van der Waals surface area contributed by atoms with Crippen LogP contribution in [0.4, 0.5) is 10.5 Å². The molecule has 1 aromatic carbocycles. The number of amides is 2. The molecule has 190 valence electrons. The zero-order chi connectivity index (χ0) is 23.9. The average Bonchev–Trinajstić information content (AvgIpc) is 3.35. The van der Waals surface area contributed by atoms with Crippen molar-refractivity contribution in [1.29, 1.82) is 0 Å². The molecule has 5 heteroatoms. The van der Waals surface area contributed by atoms with E-state index in [9.17, 15) is 9.59 Å². The Morgan fingerprint density at radius 3 is 2.09 bits per heavy atom. The van der Waals surface area contributed by atoms with E-state index >= 15 is 0 Å². The predicted molar refractivity (Wildman–Crippen MR) is 139 cm³/mol. The van der Waals surface area contributed by atoms with Crippen LogP contribution >= 0.6 is 0 Å². The van der Waals surface area contributed by atoms with Gasteiger partial charge in [0.1, 0.15) is 5.78 Å². The second-order valence-corrected chi connectivity index (χ2v) is 12.4. The van der Waals surface area contributed by atoms with Gasteiger partial charge in [-0.25, -0.2) is 4.79 Å². The zero-order valence-corrected chi connectivity index (χ0v) is 21.5. The minimum atomic E-state index is 0.00329. The topological polar surface area (TPSA) is 43.9 Å². The number of piperidine rings is 2. The summed E-state index contributed by atoms with van der Waals surface area (Å²) in [4.78, 5) is 33.0.